The third kappa shape index (κ3) is 3.78. The van der Waals surface area contributed by atoms with Gasteiger partial charge in [-0.2, -0.15) is 0 Å². The van der Waals surface area contributed by atoms with E-state index in [9.17, 15) is 9.59 Å². The molecule has 2 fully saturated rings. The molecule has 0 atom stereocenters. The maximum atomic E-state index is 11.8. The third-order valence-electron chi connectivity index (χ3n) is 3.70. The molecule has 0 spiro atoms. The second kappa shape index (κ2) is 6.85. The minimum Gasteiger partial charge on any atom is -0.314 e. The van der Waals surface area contributed by atoms with Crippen LogP contribution in [0.3, 0.4) is 0 Å². The van der Waals surface area contributed by atoms with Crippen molar-refractivity contribution in [1.82, 2.24) is 15.1 Å². The Labute approximate surface area is 108 Å². The van der Waals surface area contributed by atoms with Gasteiger partial charge in [0, 0.05) is 45.6 Å². The van der Waals surface area contributed by atoms with Crippen LogP contribution < -0.4 is 5.32 Å². The highest BCUT2D eigenvalue weighted by Gasteiger charge is 2.23. The first kappa shape index (κ1) is 13.5. The highest BCUT2D eigenvalue weighted by Crippen LogP contribution is 2.13. The molecule has 0 aromatic rings. The molecule has 5 heteroatoms. The number of imide groups is 1. The van der Waals surface area contributed by atoms with Gasteiger partial charge in [0.25, 0.3) is 0 Å². The van der Waals surface area contributed by atoms with E-state index < -0.39 is 0 Å². The van der Waals surface area contributed by atoms with Crippen molar-refractivity contribution in [2.75, 3.05) is 39.3 Å². The first-order valence-electron chi connectivity index (χ1n) is 7.03. The number of piperazine rings is 1. The molecular weight excluding hydrogens is 230 g/mol. The van der Waals surface area contributed by atoms with Gasteiger partial charge in [-0.15, -0.1) is 0 Å². The Bertz CT molecular complexity index is 283. The summed E-state index contributed by atoms with van der Waals surface area (Å²) in [4.78, 5) is 27.5. The molecule has 18 heavy (non-hydrogen) atoms. The maximum absolute atomic E-state index is 11.8. The van der Waals surface area contributed by atoms with Crippen molar-refractivity contribution in [3.05, 3.63) is 0 Å². The van der Waals surface area contributed by atoms with Crippen molar-refractivity contribution >= 4 is 11.8 Å². The number of nitrogens with zero attached hydrogens (tertiary/aromatic N) is 2. The van der Waals surface area contributed by atoms with E-state index in [1.807, 2.05) is 0 Å². The Morgan fingerprint density at radius 1 is 0.944 bits per heavy atom. The second-order valence-corrected chi connectivity index (χ2v) is 5.09. The van der Waals surface area contributed by atoms with Crippen molar-refractivity contribution in [3.8, 4) is 0 Å². The summed E-state index contributed by atoms with van der Waals surface area (Å²) in [5, 5.41) is 3.32. The summed E-state index contributed by atoms with van der Waals surface area (Å²) in [6, 6.07) is 0. The lowest BCUT2D eigenvalue weighted by Gasteiger charge is -2.28. The van der Waals surface area contributed by atoms with Gasteiger partial charge in [-0.05, 0) is 25.8 Å². The molecule has 0 aliphatic carbocycles. The number of hydrogen-bond acceptors (Lipinski definition) is 4. The summed E-state index contributed by atoms with van der Waals surface area (Å²) in [7, 11) is 0. The zero-order chi connectivity index (χ0) is 12.8. The lowest BCUT2D eigenvalue weighted by molar-refractivity contribution is -0.143. The number of carbonyl (C=O) groups is 2. The van der Waals surface area contributed by atoms with Crippen LogP contribution in [0.25, 0.3) is 0 Å². The van der Waals surface area contributed by atoms with E-state index in [4.69, 9.17) is 0 Å². The summed E-state index contributed by atoms with van der Waals surface area (Å²) < 4.78 is 0. The van der Waals surface area contributed by atoms with Crippen molar-refractivity contribution in [2.45, 2.75) is 32.1 Å². The topological polar surface area (TPSA) is 52.7 Å². The van der Waals surface area contributed by atoms with Gasteiger partial charge in [0.1, 0.15) is 0 Å². The molecule has 2 heterocycles. The van der Waals surface area contributed by atoms with Crippen LogP contribution in [0.4, 0.5) is 0 Å². The Morgan fingerprint density at radius 3 is 2.17 bits per heavy atom. The minimum absolute atomic E-state index is 0.0258. The minimum atomic E-state index is 0.0258. The SMILES string of the molecule is O=C1CCCCC(=O)N1CCCN1CCNCC1. The van der Waals surface area contributed by atoms with E-state index >= 15 is 0 Å². The molecule has 2 aliphatic rings. The average molecular weight is 253 g/mol. The molecule has 2 saturated heterocycles. The normalized spacial score (nSPS) is 23.2. The highest BCUT2D eigenvalue weighted by molar-refractivity contribution is 5.95. The largest absolute Gasteiger partial charge is 0.314 e. The summed E-state index contributed by atoms with van der Waals surface area (Å²) in [5.41, 5.74) is 0. The van der Waals surface area contributed by atoms with E-state index in [0.29, 0.717) is 19.4 Å². The van der Waals surface area contributed by atoms with Crippen LogP contribution in [-0.4, -0.2) is 60.9 Å². The number of carbonyl (C=O) groups excluding carboxylic acids is 2. The molecule has 2 rings (SSSR count). The van der Waals surface area contributed by atoms with Crippen LogP contribution in [0, 0.1) is 0 Å². The van der Waals surface area contributed by atoms with Gasteiger partial charge < -0.3 is 10.2 Å². The first-order valence-corrected chi connectivity index (χ1v) is 7.03. The Hall–Kier alpha value is -0.940. The zero-order valence-corrected chi connectivity index (χ0v) is 11.0. The Balaban J connectivity index is 1.73. The third-order valence-corrected chi connectivity index (χ3v) is 3.70. The fourth-order valence-corrected chi connectivity index (χ4v) is 2.60. The molecule has 0 unspecified atom stereocenters. The highest BCUT2D eigenvalue weighted by atomic mass is 16.2. The van der Waals surface area contributed by atoms with Gasteiger partial charge in [0.2, 0.25) is 11.8 Å². The van der Waals surface area contributed by atoms with E-state index in [0.717, 1.165) is 52.0 Å². The number of likely N-dealkylation sites (tertiary alicyclic amines) is 1. The van der Waals surface area contributed by atoms with E-state index in [-0.39, 0.29) is 11.8 Å². The van der Waals surface area contributed by atoms with E-state index in [1.165, 1.54) is 4.90 Å². The van der Waals surface area contributed by atoms with Crippen molar-refractivity contribution in [1.29, 1.82) is 0 Å². The Kier molecular flexibility index (Phi) is 5.13. The van der Waals surface area contributed by atoms with Crippen LogP contribution in [0.15, 0.2) is 0 Å². The van der Waals surface area contributed by atoms with Gasteiger partial charge in [0.05, 0.1) is 0 Å². The Morgan fingerprint density at radius 2 is 1.56 bits per heavy atom. The van der Waals surface area contributed by atoms with Gasteiger partial charge in [0.15, 0.2) is 0 Å². The summed E-state index contributed by atoms with van der Waals surface area (Å²) in [6.45, 7) is 5.81. The summed E-state index contributed by atoms with van der Waals surface area (Å²) in [5.74, 6) is 0.0515. The van der Waals surface area contributed by atoms with E-state index in [2.05, 4.69) is 10.2 Å². The molecular formula is C13H23N3O2. The number of amides is 2. The lowest BCUT2D eigenvalue weighted by atomic mass is 10.2. The second-order valence-electron chi connectivity index (χ2n) is 5.09. The van der Waals surface area contributed by atoms with Gasteiger partial charge in [-0.3, -0.25) is 14.5 Å². The number of rotatable bonds is 4. The number of nitrogens with one attached hydrogen (secondary N) is 1. The van der Waals surface area contributed by atoms with Gasteiger partial charge in [-0.1, -0.05) is 0 Å². The standard InChI is InChI=1S/C13H23N3O2/c17-12-4-1-2-5-13(18)16(12)9-3-8-15-10-6-14-7-11-15/h14H,1-11H2. The molecule has 2 aliphatic heterocycles. The molecule has 0 saturated carbocycles. The zero-order valence-electron chi connectivity index (χ0n) is 11.0. The van der Waals surface area contributed by atoms with Crippen molar-refractivity contribution in [3.63, 3.8) is 0 Å². The summed E-state index contributed by atoms with van der Waals surface area (Å²) >= 11 is 0. The molecule has 0 aromatic carbocycles. The van der Waals surface area contributed by atoms with Gasteiger partial charge >= 0.3 is 0 Å². The molecule has 0 aromatic heterocycles. The maximum Gasteiger partial charge on any atom is 0.229 e. The first-order chi connectivity index (χ1) is 8.77. The predicted octanol–water partition coefficient (Wildman–Crippen LogP) is 0.211. The lowest BCUT2D eigenvalue weighted by Crippen LogP contribution is -2.44. The molecule has 0 radical (unpaired) electrons. The number of hydrogen-bond donors (Lipinski definition) is 1. The predicted molar refractivity (Wildman–Crippen MR) is 69.1 cm³/mol. The fraction of sp³-hybridized carbons (Fsp3) is 0.846. The molecule has 0 bridgehead atoms. The van der Waals surface area contributed by atoms with Crippen LogP contribution in [0.1, 0.15) is 32.1 Å². The van der Waals surface area contributed by atoms with Gasteiger partial charge in [-0.25, -0.2) is 0 Å². The molecule has 1 N–H and O–H groups in total. The monoisotopic (exact) mass is 253 g/mol. The van der Waals surface area contributed by atoms with Crippen molar-refractivity contribution < 1.29 is 9.59 Å². The van der Waals surface area contributed by atoms with Crippen LogP contribution in [0.2, 0.25) is 0 Å². The average Bonchev–Trinajstić information content (AvgIpc) is 2.54. The summed E-state index contributed by atoms with van der Waals surface area (Å²) in [6.07, 6.45) is 3.70. The fourth-order valence-electron chi connectivity index (χ4n) is 2.60. The van der Waals surface area contributed by atoms with E-state index in [1.54, 1.807) is 0 Å². The molecule has 5 nitrogen and oxygen atoms in total. The van der Waals surface area contributed by atoms with Crippen molar-refractivity contribution in [2.24, 2.45) is 0 Å². The molecule has 2 amide bonds. The quantitative estimate of drug-likeness (QED) is 0.728. The van der Waals surface area contributed by atoms with Crippen LogP contribution in [0.5, 0.6) is 0 Å². The molecule has 102 valence electrons. The smallest absolute Gasteiger partial charge is 0.229 e. The van der Waals surface area contributed by atoms with Crippen LogP contribution in [-0.2, 0) is 9.59 Å². The van der Waals surface area contributed by atoms with Crippen LogP contribution >= 0.6 is 0 Å².